The number of ether oxygens (including phenoxy) is 1. The number of fused-ring (bicyclic) bond motifs is 1. The quantitative estimate of drug-likeness (QED) is 0.530. The van der Waals surface area contributed by atoms with Crippen molar-refractivity contribution in [3.63, 3.8) is 0 Å². The number of H-pyrrole nitrogens is 2. The lowest BCUT2D eigenvalue weighted by Crippen LogP contribution is -2.42. The Hall–Kier alpha value is -2.16. The number of anilines is 1. The van der Waals surface area contributed by atoms with E-state index < -0.39 is 8.07 Å². The first kappa shape index (κ1) is 22.5. The van der Waals surface area contributed by atoms with Gasteiger partial charge >= 0.3 is 0 Å². The molecule has 3 aromatic rings. The number of piperidine rings is 1. The molecule has 0 aromatic carbocycles. The van der Waals surface area contributed by atoms with Crippen LogP contribution in [0.1, 0.15) is 18.5 Å². The summed E-state index contributed by atoms with van der Waals surface area (Å²) in [5.74, 6) is 0. The second-order valence-electron chi connectivity index (χ2n) is 9.32. The third-order valence-corrected chi connectivity index (χ3v) is 7.23. The minimum absolute atomic E-state index is 0.245. The maximum atomic E-state index is 6.16. The summed E-state index contributed by atoms with van der Waals surface area (Å²) in [5, 5.41) is 8.31. The van der Waals surface area contributed by atoms with E-state index >= 15 is 0 Å². The number of hydrogen-bond donors (Lipinski definition) is 3. The van der Waals surface area contributed by atoms with Gasteiger partial charge in [0.1, 0.15) is 5.65 Å². The fourth-order valence-corrected chi connectivity index (χ4v) is 4.59. The zero-order valence-electron chi connectivity index (χ0n) is 19.0. The molecule has 1 fully saturated rings. The summed E-state index contributed by atoms with van der Waals surface area (Å²) in [5.41, 5.74) is 11.6. The van der Waals surface area contributed by atoms with Crippen molar-refractivity contribution in [2.45, 2.75) is 51.5 Å². The molecule has 3 aromatic heterocycles. The monoisotopic (exact) mass is 428 g/mol. The summed E-state index contributed by atoms with van der Waals surface area (Å²) >= 11 is 0. The predicted molar refractivity (Wildman–Crippen MR) is 128 cm³/mol. The Morgan fingerprint density at radius 1 is 1.30 bits per heavy atom. The van der Waals surface area contributed by atoms with Gasteiger partial charge in [0.25, 0.3) is 0 Å². The minimum atomic E-state index is -0.803. The maximum Gasteiger partial charge on any atom is 0.139 e. The molecule has 0 amide bonds. The molecular formula is C22H36N6OSi. The summed E-state index contributed by atoms with van der Waals surface area (Å²) in [4.78, 5) is 10.1. The van der Waals surface area contributed by atoms with Crippen molar-refractivity contribution in [1.29, 1.82) is 0 Å². The number of nitrogens with one attached hydrogen (secondary N) is 2. The van der Waals surface area contributed by atoms with Crippen LogP contribution in [0.2, 0.25) is 25.7 Å². The Labute approximate surface area is 180 Å². The van der Waals surface area contributed by atoms with Crippen LogP contribution in [-0.4, -0.2) is 61.1 Å². The number of aromatic amines is 2. The molecule has 0 unspecified atom stereocenters. The molecule has 164 valence electrons. The van der Waals surface area contributed by atoms with Gasteiger partial charge in [-0.3, -0.25) is 5.10 Å². The molecule has 4 rings (SSSR count). The van der Waals surface area contributed by atoms with Crippen LogP contribution in [0.25, 0.3) is 22.2 Å². The molecule has 30 heavy (non-hydrogen) atoms. The van der Waals surface area contributed by atoms with Crippen LogP contribution in [-0.2, 0) is 4.74 Å². The van der Waals surface area contributed by atoms with Crippen molar-refractivity contribution in [3.05, 3.63) is 30.4 Å². The van der Waals surface area contributed by atoms with Crippen molar-refractivity contribution in [2.75, 3.05) is 31.7 Å². The lowest BCUT2D eigenvalue weighted by Gasteiger charge is -2.33. The Bertz CT molecular complexity index is 945. The third-order valence-electron chi connectivity index (χ3n) is 5.53. The van der Waals surface area contributed by atoms with E-state index in [-0.39, 0.29) is 6.04 Å². The van der Waals surface area contributed by atoms with Crippen molar-refractivity contribution in [1.82, 2.24) is 20.2 Å². The molecule has 1 aliphatic heterocycles. The summed E-state index contributed by atoms with van der Waals surface area (Å²) in [6.07, 6.45) is 7.99. The molecule has 8 heteroatoms. The summed E-state index contributed by atoms with van der Waals surface area (Å²) in [6, 6.07) is 3.62. The Morgan fingerprint density at radius 3 is 2.70 bits per heavy atom. The van der Waals surface area contributed by atoms with E-state index in [0.29, 0.717) is 0 Å². The first-order valence-corrected chi connectivity index (χ1v) is 14.5. The number of nitrogens with zero attached hydrogens (tertiary/aromatic N) is 3. The molecule has 1 atom stereocenters. The molecule has 0 spiro atoms. The van der Waals surface area contributed by atoms with Gasteiger partial charge in [-0.25, -0.2) is 4.98 Å². The zero-order valence-corrected chi connectivity index (χ0v) is 20.0. The summed E-state index contributed by atoms with van der Waals surface area (Å²) in [6.45, 7) is 12.0. The first-order valence-electron chi connectivity index (χ1n) is 10.8. The number of aryl methyl sites for hydroxylation is 1. The van der Waals surface area contributed by atoms with E-state index in [2.05, 4.69) is 50.8 Å². The van der Waals surface area contributed by atoms with E-state index in [9.17, 15) is 0 Å². The Morgan fingerprint density at radius 2 is 2.10 bits per heavy atom. The van der Waals surface area contributed by atoms with Gasteiger partial charge in [0.15, 0.2) is 0 Å². The van der Waals surface area contributed by atoms with Gasteiger partial charge < -0.3 is 20.4 Å². The average molecular weight is 429 g/mol. The number of aromatic nitrogens is 4. The molecule has 1 saturated heterocycles. The van der Waals surface area contributed by atoms with E-state index in [4.69, 9.17) is 10.5 Å². The second-order valence-corrected chi connectivity index (χ2v) is 14.9. The summed E-state index contributed by atoms with van der Waals surface area (Å²) in [7, 11) is 0.961. The lowest BCUT2D eigenvalue weighted by atomic mass is 10.0. The molecule has 0 radical (unpaired) electrons. The number of methoxy groups -OCH3 is 1. The molecule has 1 aliphatic rings. The molecule has 0 bridgehead atoms. The third kappa shape index (κ3) is 5.50. The van der Waals surface area contributed by atoms with Crippen LogP contribution in [0.4, 0.5) is 5.69 Å². The van der Waals surface area contributed by atoms with E-state index in [1.165, 1.54) is 11.7 Å². The largest absolute Gasteiger partial charge is 0.385 e. The minimum Gasteiger partial charge on any atom is -0.385 e. The highest BCUT2D eigenvalue weighted by Crippen LogP contribution is 2.36. The van der Waals surface area contributed by atoms with Gasteiger partial charge in [-0.05, 0) is 31.9 Å². The van der Waals surface area contributed by atoms with Gasteiger partial charge in [0.2, 0.25) is 0 Å². The fraction of sp³-hybridized carbons (Fsp3) is 0.545. The number of pyridine rings is 1. The van der Waals surface area contributed by atoms with Crippen LogP contribution in [0.5, 0.6) is 0 Å². The van der Waals surface area contributed by atoms with Crippen LogP contribution in [0.15, 0.2) is 24.7 Å². The van der Waals surface area contributed by atoms with Crippen molar-refractivity contribution in [3.8, 4) is 11.1 Å². The molecular weight excluding hydrogens is 392 g/mol. The van der Waals surface area contributed by atoms with Gasteiger partial charge in [-0.1, -0.05) is 19.6 Å². The van der Waals surface area contributed by atoms with Crippen molar-refractivity contribution in [2.24, 2.45) is 5.73 Å². The molecule has 4 N–H and O–H groups in total. The number of nitrogens with two attached hydrogens (primary N) is 1. The Balaban J connectivity index is 0.000000275. The van der Waals surface area contributed by atoms with Crippen LogP contribution >= 0.6 is 0 Å². The SMILES string of the molecule is COCC[Si](C)(C)C.Cc1[nH]ncc1-c1c[nH]c2nccc(N3CCC[C@H](N)C3)c12. The highest BCUT2D eigenvalue weighted by Gasteiger charge is 2.22. The van der Waals surface area contributed by atoms with E-state index in [0.717, 1.165) is 60.4 Å². The topological polar surface area (TPSA) is 95.8 Å². The highest BCUT2D eigenvalue weighted by molar-refractivity contribution is 6.76. The average Bonchev–Trinajstić information content (AvgIpc) is 3.32. The summed E-state index contributed by atoms with van der Waals surface area (Å²) < 4.78 is 4.95. The number of rotatable bonds is 5. The molecule has 0 aliphatic carbocycles. The molecule has 4 heterocycles. The maximum absolute atomic E-state index is 6.16. The lowest BCUT2D eigenvalue weighted by molar-refractivity contribution is 0.214. The fourth-order valence-electron chi connectivity index (χ4n) is 3.77. The first-order chi connectivity index (χ1) is 14.3. The Kier molecular flexibility index (Phi) is 7.33. The van der Waals surface area contributed by atoms with Crippen LogP contribution in [0, 0.1) is 6.92 Å². The van der Waals surface area contributed by atoms with Crippen molar-refractivity contribution >= 4 is 24.8 Å². The van der Waals surface area contributed by atoms with E-state index in [1.807, 2.05) is 25.5 Å². The van der Waals surface area contributed by atoms with E-state index in [1.54, 1.807) is 7.11 Å². The molecule has 7 nitrogen and oxygen atoms in total. The van der Waals surface area contributed by atoms with Crippen LogP contribution in [0.3, 0.4) is 0 Å². The van der Waals surface area contributed by atoms with Gasteiger partial charge in [-0.15, -0.1) is 0 Å². The molecule has 0 saturated carbocycles. The zero-order chi connectivity index (χ0) is 21.7. The number of hydrogen-bond acceptors (Lipinski definition) is 5. The highest BCUT2D eigenvalue weighted by atomic mass is 28.3. The second kappa shape index (κ2) is 9.76. The predicted octanol–water partition coefficient (Wildman–Crippen LogP) is 4.16. The van der Waals surface area contributed by atoms with Crippen molar-refractivity contribution < 1.29 is 4.74 Å². The van der Waals surface area contributed by atoms with Gasteiger partial charge in [0.05, 0.1) is 11.6 Å². The smallest absolute Gasteiger partial charge is 0.139 e. The van der Waals surface area contributed by atoms with Crippen LogP contribution < -0.4 is 10.6 Å². The van der Waals surface area contributed by atoms with Gasteiger partial charge in [-0.2, -0.15) is 5.10 Å². The normalized spacial score (nSPS) is 17.1. The standard InChI is InChI=1S/C16H20N6.C6H16OSi/c1-10-12(8-20-21-10)13-7-19-16-15(13)14(4-5-18-16)22-6-2-3-11(17)9-22;1-7-5-6-8(2,3)4/h4-5,7-8,11H,2-3,6,9,17H2,1H3,(H,18,19)(H,20,21);5-6H2,1-4H3/t11-;/m0./s1. The van der Waals surface area contributed by atoms with Gasteiger partial charge in [0, 0.05) is 75.8 Å².